The first-order valence-electron chi connectivity index (χ1n) is 6.97. The van der Waals surface area contributed by atoms with Crippen LogP contribution in [0.5, 0.6) is 5.75 Å². The predicted molar refractivity (Wildman–Crippen MR) is 86.2 cm³/mol. The van der Waals surface area contributed by atoms with Gasteiger partial charge in [0.25, 0.3) is 0 Å². The van der Waals surface area contributed by atoms with Crippen molar-refractivity contribution in [1.82, 2.24) is 0 Å². The van der Waals surface area contributed by atoms with Crippen LogP contribution < -0.4 is 10.1 Å². The van der Waals surface area contributed by atoms with Crippen molar-refractivity contribution >= 4 is 11.8 Å². The molecular formula is C18H21NO. The molecule has 20 heavy (non-hydrogen) atoms. The van der Waals surface area contributed by atoms with Gasteiger partial charge in [-0.1, -0.05) is 42.0 Å². The van der Waals surface area contributed by atoms with Gasteiger partial charge in [0.1, 0.15) is 5.75 Å². The fourth-order valence-electron chi connectivity index (χ4n) is 1.96. The molecule has 0 saturated heterocycles. The molecule has 0 bridgehead atoms. The van der Waals surface area contributed by atoms with Crippen LogP contribution in [0.4, 0.5) is 5.69 Å². The molecule has 0 unspecified atom stereocenters. The van der Waals surface area contributed by atoms with Gasteiger partial charge < -0.3 is 10.1 Å². The minimum atomic E-state index is 0.700. The molecule has 0 aliphatic carbocycles. The van der Waals surface area contributed by atoms with Crippen molar-refractivity contribution in [3.05, 3.63) is 65.7 Å². The van der Waals surface area contributed by atoms with Crippen molar-refractivity contribution in [3.8, 4) is 5.75 Å². The number of hydrogen-bond donors (Lipinski definition) is 1. The van der Waals surface area contributed by atoms with E-state index in [2.05, 4.69) is 42.6 Å². The number of benzene rings is 2. The molecule has 2 rings (SSSR count). The van der Waals surface area contributed by atoms with Crippen LogP contribution in [0.2, 0.25) is 0 Å². The van der Waals surface area contributed by atoms with Crippen LogP contribution in [-0.2, 0) is 0 Å². The van der Waals surface area contributed by atoms with E-state index in [1.807, 2.05) is 37.3 Å². The first kappa shape index (κ1) is 14.2. The van der Waals surface area contributed by atoms with E-state index in [0.717, 1.165) is 18.0 Å². The smallest absolute Gasteiger partial charge is 0.119 e. The van der Waals surface area contributed by atoms with Gasteiger partial charge in [0, 0.05) is 12.2 Å². The van der Waals surface area contributed by atoms with Gasteiger partial charge in [-0.05, 0) is 43.7 Å². The summed E-state index contributed by atoms with van der Waals surface area (Å²) in [6.07, 6.45) is 2.20. The fraction of sp³-hybridized carbons (Fsp3) is 0.222. The molecule has 0 atom stereocenters. The number of nitrogens with one attached hydrogen (secondary N) is 1. The molecule has 104 valence electrons. The molecule has 0 amide bonds. The molecule has 2 nitrogen and oxygen atoms in total. The summed E-state index contributed by atoms with van der Waals surface area (Å²) in [5.41, 5.74) is 3.64. The highest BCUT2D eigenvalue weighted by Gasteiger charge is 1.95. The Kier molecular flexibility index (Phi) is 5.24. The van der Waals surface area contributed by atoms with E-state index < -0.39 is 0 Å². The van der Waals surface area contributed by atoms with Crippen molar-refractivity contribution in [3.63, 3.8) is 0 Å². The highest BCUT2D eigenvalue weighted by molar-refractivity contribution is 5.54. The van der Waals surface area contributed by atoms with Crippen LogP contribution in [-0.4, -0.2) is 13.2 Å². The van der Waals surface area contributed by atoms with Gasteiger partial charge >= 0.3 is 0 Å². The summed E-state index contributed by atoms with van der Waals surface area (Å²) in [5.74, 6) is 0.912. The van der Waals surface area contributed by atoms with E-state index in [0.29, 0.717) is 6.61 Å². The van der Waals surface area contributed by atoms with Crippen molar-refractivity contribution in [1.29, 1.82) is 0 Å². The van der Waals surface area contributed by atoms with Gasteiger partial charge in [-0.2, -0.15) is 0 Å². The van der Waals surface area contributed by atoms with E-state index in [-0.39, 0.29) is 0 Å². The summed E-state index contributed by atoms with van der Waals surface area (Å²) in [5, 5.41) is 3.41. The Morgan fingerprint density at radius 2 is 1.75 bits per heavy atom. The highest BCUT2D eigenvalue weighted by Crippen LogP contribution is 2.16. The van der Waals surface area contributed by atoms with E-state index >= 15 is 0 Å². The van der Waals surface area contributed by atoms with Crippen LogP contribution in [0.1, 0.15) is 19.4 Å². The van der Waals surface area contributed by atoms with E-state index in [1.54, 1.807) is 0 Å². The second-order valence-corrected chi connectivity index (χ2v) is 4.71. The fourth-order valence-corrected chi connectivity index (χ4v) is 1.96. The van der Waals surface area contributed by atoms with Crippen molar-refractivity contribution in [2.24, 2.45) is 0 Å². The molecule has 2 heteroatoms. The molecule has 0 spiro atoms. The van der Waals surface area contributed by atoms with Crippen molar-refractivity contribution in [2.45, 2.75) is 13.8 Å². The monoisotopic (exact) mass is 267 g/mol. The molecule has 0 aliphatic rings. The largest absolute Gasteiger partial charge is 0.494 e. The SMILES string of the molecule is CCOc1ccc(NCC(C)=Cc2ccccc2)cc1. The maximum atomic E-state index is 5.43. The molecule has 1 N–H and O–H groups in total. The quantitative estimate of drug-likeness (QED) is 0.825. The van der Waals surface area contributed by atoms with Crippen LogP contribution in [0.25, 0.3) is 6.08 Å². The lowest BCUT2D eigenvalue weighted by Crippen LogP contribution is -2.02. The average Bonchev–Trinajstić information content (AvgIpc) is 2.48. The minimum absolute atomic E-state index is 0.700. The second-order valence-electron chi connectivity index (χ2n) is 4.71. The molecule has 0 aliphatic heterocycles. The van der Waals surface area contributed by atoms with Crippen LogP contribution in [0.3, 0.4) is 0 Å². The van der Waals surface area contributed by atoms with Crippen molar-refractivity contribution in [2.75, 3.05) is 18.5 Å². The summed E-state index contributed by atoms with van der Waals surface area (Å²) >= 11 is 0. The van der Waals surface area contributed by atoms with E-state index in [4.69, 9.17) is 4.74 Å². The molecule has 0 heterocycles. The van der Waals surface area contributed by atoms with E-state index in [1.165, 1.54) is 11.1 Å². The maximum absolute atomic E-state index is 5.43. The number of ether oxygens (including phenoxy) is 1. The summed E-state index contributed by atoms with van der Waals surface area (Å²) in [7, 11) is 0. The Labute approximate surface area is 121 Å². The molecule has 0 fully saturated rings. The van der Waals surface area contributed by atoms with E-state index in [9.17, 15) is 0 Å². The first-order valence-corrected chi connectivity index (χ1v) is 6.97. The van der Waals surface area contributed by atoms with Gasteiger partial charge in [0.15, 0.2) is 0 Å². The number of hydrogen-bond acceptors (Lipinski definition) is 2. The summed E-state index contributed by atoms with van der Waals surface area (Å²) in [6, 6.07) is 18.4. The summed E-state index contributed by atoms with van der Waals surface area (Å²) in [4.78, 5) is 0. The standard InChI is InChI=1S/C18H21NO/c1-3-20-18-11-9-17(10-12-18)19-14-15(2)13-16-7-5-4-6-8-16/h4-13,19H,3,14H2,1-2H3. The molecule has 0 saturated carbocycles. The van der Waals surface area contributed by atoms with Gasteiger partial charge in [-0.25, -0.2) is 0 Å². The predicted octanol–water partition coefficient (Wildman–Crippen LogP) is 4.60. The van der Waals surface area contributed by atoms with Crippen molar-refractivity contribution < 1.29 is 4.74 Å². The van der Waals surface area contributed by atoms with Gasteiger partial charge in [0.05, 0.1) is 6.61 Å². The number of rotatable bonds is 6. The lowest BCUT2D eigenvalue weighted by atomic mass is 10.1. The Bertz CT molecular complexity index is 543. The average molecular weight is 267 g/mol. The molecule has 0 radical (unpaired) electrons. The third kappa shape index (κ3) is 4.47. The zero-order chi connectivity index (χ0) is 14.2. The molecule has 2 aromatic carbocycles. The van der Waals surface area contributed by atoms with Gasteiger partial charge in [0.2, 0.25) is 0 Å². The zero-order valence-corrected chi connectivity index (χ0v) is 12.1. The van der Waals surface area contributed by atoms with Gasteiger partial charge in [-0.15, -0.1) is 0 Å². The van der Waals surface area contributed by atoms with Gasteiger partial charge in [-0.3, -0.25) is 0 Å². The second kappa shape index (κ2) is 7.39. The van der Waals surface area contributed by atoms with Crippen LogP contribution >= 0.6 is 0 Å². The lowest BCUT2D eigenvalue weighted by Gasteiger charge is -2.08. The topological polar surface area (TPSA) is 21.3 Å². The minimum Gasteiger partial charge on any atom is -0.494 e. The molecular weight excluding hydrogens is 246 g/mol. The molecule has 2 aromatic rings. The van der Waals surface area contributed by atoms with Crippen LogP contribution in [0, 0.1) is 0 Å². The zero-order valence-electron chi connectivity index (χ0n) is 12.1. The Hall–Kier alpha value is -2.22. The maximum Gasteiger partial charge on any atom is 0.119 e. The Morgan fingerprint density at radius 1 is 1.05 bits per heavy atom. The first-order chi connectivity index (χ1) is 9.78. The summed E-state index contributed by atoms with van der Waals surface area (Å²) < 4.78 is 5.43. The normalized spacial score (nSPS) is 11.2. The third-order valence-corrected chi connectivity index (χ3v) is 2.95. The third-order valence-electron chi connectivity index (χ3n) is 2.95. The highest BCUT2D eigenvalue weighted by atomic mass is 16.5. The lowest BCUT2D eigenvalue weighted by molar-refractivity contribution is 0.340. The Morgan fingerprint density at radius 3 is 2.40 bits per heavy atom. The number of anilines is 1. The summed E-state index contributed by atoms with van der Waals surface area (Å²) in [6.45, 7) is 5.66. The molecule has 0 aromatic heterocycles. The van der Waals surface area contributed by atoms with Crippen LogP contribution in [0.15, 0.2) is 60.2 Å². The Balaban J connectivity index is 1.90.